The van der Waals surface area contributed by atoms with E-state index in [-0.39, 0.29) is 12.3 Å². The maximum atomic E-state index is 12.4. The van der Waals surface area contributed by atoms with Crippen molar-refractivity contribution in [1.29, 1.82) is 0 Å². The van der Waals surface area contributed by atoms with Gasteiger partial charge in [0.05, 0.1) is 40.5 Å². The van der Waals surface area contributed by atoms with Gasteiger partial charge >= 0.3 is 0 Å². The molecule has 0 atom stereocenters. The summed E-state index contributed by atoms with van der Waals surface area (Å²) in [5, 5.41) is 2.88. The van der Waals surface area contributed by atoms with Crippen LogP contribution in [0.1, 0.15) is 11.1 Å². The summed E-state index contributed by atoms with van der Waals surface area (Å²) in [6.45, 7) is 1.88. The lowest BCUT2D eigenvalue weighted by Crippen LogP contribution is -2.15. The molecule has 0 bridgehead atoms. The van der Waals surface area contributed by atoms with Crippen LogP contribution in [0.3, 0.4) is 0 Å². The van der Waals surface area contributed by atoms with Crippen molar-refractivity contribution in [3.63, 3.8) is 0 Å². The normalized spacial score (nSPS) is 10.1. The molecule has 0 aliphatic carbocycles. The third kappa shape index (κ3) is 4.15. The minimum absolute atomic E-state index is 0.157. The largest absolute Gasteiger partial charge is 0.496 e. The van der Waals surface area contributed by atoms with E-state index >= 15 is 0 Å². The van der Waals surface area contributed by atoms with Gasteiger partial charge in [-0.1, -0.05) is 6.07 Å². The van der Waals surface area contributed by atoms with Crippen molar-refractivity contribution in [2.45, 2.75) is 13.3 Å². The summed E-state index contributed by atoms with van der Waals surface area (Å²) >= 11 is 0. The molecular weight excluding hydrogens is 322 g/mol. The zero-order valence-electron chi connectivity index (χ0n) is 15.1. The van der Waals surface area contributed by atoms with Crippen LogP contribution in [-0.2, 0) is 11.2 Å². The Kier molecular flexibility index (Phi) is 6.11. The molecule has 2 rings (SSSR count). The van der Waals surface area contributed by atoms with E-state index in [1.54, 1.807) is 52.7 Å². The Morgan fingerprint density at radius 2 is 1.52 bits per heavy atom. The Balaban J connectivity index is 2.17. The van der Waals surface area contributed by atoms with E-state index in [1.165, 1.54) is 0 Å². The summed E-state index contributed by atoms with van der Waals surface area (Å²) < 4.78 is 21.1. The van der Waals surface area contributed by atoms with Gasteiger partial charge in [0.2, 0.25) is 5.91 Å². The van der Waals surface area contributed by atoms with Crippen LogP contribution in [0.15, 0.2) is 30.3 Å². The van der Waals surface area contributed by atoms with Gasteiger partial charge in [-0.05, 0) is 36.8 Å². The van der Waals surface area contributed by atoms with Crippen LogP contribution in [-0.4, -0.2) is 34.3 Å². The Morgan fingerprint density at radius 1 is 0.880 bits per heavy atom. The molecule has 0 heterocycles. The average Bonchev–Trinajstić information content (AvgIpc) is 2.62. The zero-order valence-corrected chi connectivity index (χ0v) is 15.1. The number of anilines is 1. The van der Waals surface area contributed by atoms with E-state index in [2.05, 4.69) is 5.32 Å². The first-order chi connectivity index (χ1) is 12.0. The van der Waals surface area contributed by atoms with E-state index in [0.29, 0.717) is 28.7 Å². The van der Waals surface area contributed by atoms with Crippen molar-refractivity contribution in [3.05, 3.63) is 41.5 Å². The second kappa shape index (κ2) is 8.28. The maximum absolute atomic E-state index is 12.4. The van der Waals surface area contributed by atoms with Crippen LogP contribution < -0.4 is 24.3 Å². The molecule has 0 saturated heterocycles. The van der Waals surface area contributed by atoms with Gasteiger partial charge in [0, 0.05) is 5.56 Å². The van der Waals surface area contributed by atoms with Gasteiger partial charge in [0.15, 0.2) is 11.5 Å². The molecule has 25 heavy (non-hydrogen) atoms. The standard InChI is InChI=1S/C19H23NO5/c1-12-15(22-2)9-7-14(19(12)25-5)20-18(21)11-13-6-8-16(23-3)17(10-13)24-4/h6-10H,11H2,1-5H3,(H,20,21). The minimum atomic E-state index is -0.157. The predicted octanol–water partition coefficient (Wildman–Crippen LogP) is 3.21. The van der Waals surface area contributed by atoms with E-state index in [9.17, 15) is 4.79 Å². The Hall–Kier alpha value is -2.89. The monoisotopic (exact) mass is 345 g/mol. The van der Waals surface area contributed by atoms with E-state index in [0.717, 1.165) is 11.1 Å². The van der Waals surface area contributed by atoms with Crippen molar-refractivity contribution in [1.82, 2.24) is 0 Å². The van der Waals surface area contributed by atoms with Gasteiger partial charge in [-0.15, -0.1) is 0 Å². The fourth-order valence-electron chi connectivity index (χ4n) is 2.63. The summed E-state index contributed by atoms with van der Waals surface area (Å²) in [5.74, 6) is 2.34. The van der Waals surface area contributed by atoms with E-state index < -0.39 is 0 Å². The van der Waals surface area contributed by atoms with Crippen LogP contribution in [0.25, 0.3) is 0 Å². The number of methoxy groups -OCH3 is 4. The molecule has 6 nitrogen and oxygen atoms in total. The SMILES string of the molecule is COc1ccc(CC(=O)Nc2ccc(OC)c(C)c2OC)cc1OC. The Labute approximate surface area is 147 Å². The van der Waals surface area contributed by atoms with Gasteiger partial charge in [-0.25, -0.2) is 0 Å². The highest BCUT2D eigenvalue weighted by Crippen LogP contribution is 2.35. The van der Waals surface area contributed by atoms with Crippen molar-refractivity contribution < 1.29 is 23.7 Å². The topological polar surface area (TPSA) is 66.0 Å². The van der Waals surface area contributed by atoms with Gasteiger partial charge in [0.1, 0.15) is 11.5 Å². The highest BCUT2D eigenvalue weighted by atomic mass is 16.5. The minimum Gasteiger partial charge on any atom is -0.496 e. The lowest BCUT2D eigenvalue weighted by Gasteiger charge is -2.15. The molecule has 2 aromatic carbocycles. The molecule has 0 fully saturated rings. The van der Waals surface area contributed by atoms with Crippen LogP contribution in [0.5, 0.6) is 23.0 Å². The number of nitrogens with one attached hydrogen (secondary N) is 1. The van der Waals surface area contributed by atoms with Gasteiger partial charge in [-0.2, -0.15) is 0 Å². The van der Waals surface area contributed by atoms with E-state index in [4.69, 9.17) is 18.9 Å². The second-order valence-electron chi connectivity index (χ2n) is 5.39. The van der Waals surface area contributed by atoms with Crippen LogP contribution >= 0.6 is 0 Å². The number of amides is 1. The average molecular weight is 345 g/mol. The van der Waals surface area contributed by atoms with E-state index in [1.807, 2.05) is 13.0 Å². The van der Waals surface area contributed by atoms with Crippen LogP contribution in [0, 0.1) is 6.92 Å². The summed E-state index contributed by atoms with van der Waals surface area (Å²) in [6.07, 6.45) is 0.203. The first-order valence-electron chi connectivity index (χ1n) is 7.76. The molecule has 134 valence electrons. The number of benzene rings is 2. The number of rotatable bonds is 7. The van der Waals surface area contributed by atoms with Crippen LogP contribution in [0.4, 0.5) is 5.69 Å². The molecule has 0 aromatic heterocycles. The zero-order chi connectivity index (χ0) is 18.4. The number of carbonyl (C=O) groups excluding carboxylic acids is 1. The molecule has 0 aliphatic rings. The fourth-order valence-corrected chi connectivity index (χ4v) is 2.63. The quantitative estimate of drug-likeness (QED) is 0.835. The van der Waals surface area contributed by atoms with Gasteiger partial charge < -0.3 is 24.3 Å². The third-order valence-electron chi connectivity index (χ3n) is 3.87. The summed E-state index contributed by atoms with van der Waals surface area (Å²) in [4.78, 5) is 12.4. The third-order valence-corrected chi connectivity index (χ3v) is 3.87. The highest BCUT2D eigenvalue weighted by Gasteiger charge is 2.14. The van der Waals surface area contributed by atoms with Crippen molar-refractivity contribution in [2.24, 2.45) is 0 Å². The molecule has 6 heteroatoms. The number of hydrogen-bond acceptors (Lipinski definition) is 5. The van der Waals surface area contributed by atoms with Gasteiger partial charge in [-0.3, -0.25) is 4.79 Å². The summed E-state index contributed by atoms with van der Waals surface area (Å²) in [5.41, 5.74) is 2.25. The molecule has 0 spiro atoms. The lowest BCUT2D eigenvalue weighted by molar-refractivity contribution is -0.115. The van der Waals surface area contributed by atoms with Crippen molar-refractivity contribution >= 4 is 11.6 Å². The smallest absolute Gasteiger partial charge is 0.228 e. The molecule has 0 saturated carbocycles. The summed E-state index contributed by atoms with van der Waals surface area (Å²) in [6, 6.07) is 8.95. The Morgan fingerprint density at radius 3 is 2.12 bits per heavy atom. The molecular formula is C19H23NO5. The maximum Gasteiger partial charge on any atom is 0.228 e. The highest BCUT2D eigenvalue weighted by molar-refractivity contribution is 5.94. The molecule has 1 amide bonds. The number of hydrogen-bond donors (Lipinski definition) is 1. The van der Waals surface area contributed by atoms with Crippen molar-refractivity contribution in [2.75, 3.05) is 33.8 Å². The predicted molar refractivity (Wildman–Crippen MR) is 96.2 cm³/mol. The Bertz CT molecular complexity index is 758. The van der Waals surface area contributed by atoms with Gasteiger partial charge in [0.25, 0.3) is 0 Å². The molecule has 1 N–H and O–H groups in total. The molecule has 0 aliphatic heterocycles. The number of carbonyl (C=O) groups is 1. The molecule has 2 aromatic rings. The lowest BCUT2D eigenvalue weighted by atomic mass is 10.1. The van der Waals surface area contributed by atoms with Crippen molar-refractivity contribution in [3.8, 4) is 23.0 Å². The molecule has 0 radical (unpaired) electrons. The fraction of sp³-hybridized carbons (Fsp3) is 0.316. The first kappa shape index (κ1) is 18.4. The first-order valence-corrected chi connectivity index (χ1v) is 7.76. The molecule has 0 unspecified atom stereocenters. The summed E-state index contributed by atoms with van der Waals surface area (Å²) in [7, 11) is 6.29. The number of ether oxygens (including phenoxy) is 4. The second-order valence-corrected chi connectivity index (χ2v) is 5.39. The van der Waals surface area contributed by atoms with Crippen LogP contribution in [0.2, 0.25) is 0 Å².